The number of carbonyl (C=O) groups is 2. The molecule has 2 bridgehead atoms. The average Bonchev–Trinajstić information content (AvgIpc) is 2.88. The SMILES string of the molecule is COc1cc(/C=N\N2C(=O)[C@@H]3[C@H](C2=O)[C@H]2C=C[C@H]3CC2)ccc1O. The zero-order valence-corrected chi connectivity index (χ0v) is 13.3. The summed E-state index contributed by atoms with van der Waals surface area (Å²) < 4.78 is 5.05. The minimum atomic E-state index is -0.257. The summed E-state index contributed by atoms with van der Waals surface area (Å²) in [4.78, 5) is 25.3. The summed E-state index contributed by atoms with van der Waals surface area (Å²) in [6.45, 7) is 0. The summed E-state index contributed by atoms with van der Waals surface area (Å²) in [7, 11) is 1.46. The molecule has 4 atom stereocenters. The highest BCUT2D eigenvalue weighted by Gasteiger charge is 2.56. The molecule has 3 aliphatic carbocycles. The van der Waals surface area contributed by atoms with E-state index in [1.807, 2.05) is 0 Å². The third kappa shape index (κ3) is 2.13. The second kappa shape index (κ2) is 5.47. The van der Waals surface area contributed by atoms with Gasteiger partial charge in [0.15, 0.2) is 11.5 Å². The van der Waals surface area contributed by atoms with Crippen LogP contribution in [0.4, 0.5) is 0 Å². The van der Waals surface area contributed by atoms with Crippen molar-refractivity contribution in [3.8, 4) is 11.5 Å². The quantitative estimate of drug-likeness (QED) is 0.523. The van der Waals surface area contributed by atoms with Crippen molar-refractivity contribution in [2.45, 2.75) is 12.8 Å². The van der Waals surface area contributed by atoms with Crippen molar-refractivity contribution < 1.29 is 19.4 Å². The summed E-state index contributed by atoms with van der Waals surface area (Å²) in [6.07, 6.45) is 7.55. The zero-order chi connectivity index (χ0) is 16.8. The van der Waals surface area contributed by atoms with Crippen molar-refractivity contribution in [2.24, 2.45) is 28.8 Å². The maximum absolute atomic E-state index is 12.6. The minimum Gasteiger partial charge on any atom is -0.504 e. The summed E-state index contributed by atoms with van der Waals surface area (Å²) in [6, 6.07) is 4.73. The van der Waals surface area contributed by atoms with Crippen molar-refractivity contribution in [1.29, 1.82) is 0 Å². The number of phenolic OH excluding ortho intramolecular Hbond substituents is 1. The lowest BCUT2D eigenvalue weighted by molar-refractivity contribution is -0.140. The fourth-order valence-electron chi connectivity index (χ4n) is 4.07. The number of amides is 2. The number of nitrogens with zero attached hydrogens (tertiary/aromatic N) is 2. The lowest BCUT2D eigenvalue weighted by atomic mass is 9.63. The molecule has 1 aromatic carbocycles. The lowest BCUT2D eigenvalue weighted by Crippen LogP contribution is -2.38. The van der Waals surface area contributed by atoms with Crippen molar-refractivity contribution in [3.63, 3.8) is 0 Å². The first kappa shape index (κ1) is 14.9. The van der Waals surface area contributed by atoms with Gasteiger partial charge < -0.3 is 9.84 Å². The second-order valence-electron chi connectivity index (χ2n) is 6.51. The highest BCUT2D eigenvalue weighted by atomic mass is 16.5. The number of fused-ring (bicyclic) bond motifs is 1. The van der Waals surface area contributed by atoms with Gasteiger partial charge in [-0.2, -0.15) is 10.1 Å². The van der Waals surface area contributed by atoms with E-state index >= 15 is 0 Å². The Morgan fingerprint density at radius 2 is 1.79 bits per heavy atom. The number of hydrogen-bond acceptors (Lipinski definition) is 5. The first-order chi connectivity index (χ1) is 11.6. The number of methoxy groups -OCH3 is 1. The number of rotatable bonds is 3. The van der Waals surface area contributed by atoms with E-state index in [0.717, 1.165) is 17.9 Å². The molecule has 1 N–H and O–H groups in total. The Morgan fingerprint density at radius 1 is 1.17 bits per heavy atom. The maximum atomic E-state index is 12.6. The van der Waals surface area contributed by atoms with Crippen molar-refractivity contribution in [1.82, 2.24) is 5.01 Å². The molecule has 5 rings (SSSR count). The molecule has 1 aliphatic heterocycles. The Balaban J connectivity index is 1.59. The normalized spacial score (nSPS) is 31.1. The van der Waals surface area contributed by atoms with Crippen molar-refractivity contribution in [2.75, 3.05) is 7.11 Å². The molecule has 124 valence electrons. The van der Waals surface area contributed by atoms with Gasteiger partial charge in [-0.05, 0) is 48.4 Å². The van der Waals surface area contributed by atoms with E-state index in [0.29, 0.717) is 11.3 Å². The number of imide groups is 1. The fraction of sp³-hybridized carbons (Fsp3) is 0.389. The van der Waals surface area contributed by atoms with E-state index in [1.54, 1.807) is 12.1 Å². The van der Waals surface area contributed by atoms with Crippen LogP contribution in [0.3, 0.4) is 0 Å². The zero-order valence-electron chi connectivity index (χ0n) is 13.3. The van der Waals surface area contributed by atoms with Gasteiger partial charge in [-0.3, -0.25) is 9.59 Å². The smallest absolute Gasteiger partial charge is 0.254 e. The molecule has 1 saturated carbocycles. The molecule has 1 saturated heterocycles. The van der Waals surface area contributed by atoms with E-state index in [2.05, 4.69) is 17.3 Å². The third-order valence-electron chi connectivity index (χ3n) is 5.26. The van der Waals surface area contributed by atoms with Crippen LogP contribution in [0.1, 0.15) is 18.4 Å². The molecule has 0 aromatic heterocycles. The highest BCUT2D eigenvalue weighted by Crippen LogP contribution is 2.49. The molecule has 0 spiro atoms. The molecule has 0 radical (unpaired) electrons. The van der Waals surface area contributed by atoms with Gasteiger partial charge in [-0.25, -0.2) is 0 Å². The van der Waals surface area contributed by atoms with Crippen molar-refractivity contribution in [3.05, 3.63) is 35.9 Å². The van der Waals surface area contributed by atoms with E-state index in [4.69, 9.17) is 4.74 Å². The Morgan fingerprint density at radius 3 is 2.33 bits per heavy atom. The summed E-state index contributed by atoms with van der Waals surface area (Å²) in [5.74, 6) is -0.265. The standard InChI is InChI=1S/C18H18N2O4/c1-24-14-8-10(2-7-13(14)21)9-19-20-17(22)15-11-3-4-12(6-5-11)16(15)18(20)23/h2-4,7-9,11-12,15-16,21H,5-6H2,1H3/b19-9-/t11-,12-,15-,16+/m0/s1. The first-order valence-corrected chi connectivity index (χ1v) is 8.07. The Bertz CT molecular complexity index is 738. The van der Waals surface area contributed by atoms with Gasteiger partial charge in [0.05, 0.1) is 25.2 Å². The van der Waals surface area contributed by atoms with E-state index in [1.165, 1.54) is 19.4 Å². The van der Waals surface area contributed by atoms with Crippen molar-refractivity contribution >= 4 is 18.0 Å². The molecule has 24 heavy (non-hydrogen) atoms. The van der Waals surface area contributed by atoms with Crippen LogP contribution in [-0.4, -0.2) is 35.3 Å². The van der Waals surface area contributed by atoms with Crippen LogP contribution >= 0.6 is 0 Å². The average molecular weight is 326 g/mol. The summed E-state index contributed by atoms with van der Waals surface area (Å²) >= 11 is 0. The van der Waals surface area contributed by atoms with Crippen LogP contribution in [0.2, 0.25) is 0 Å². The van der Waals surface area contributed by atoms with Crippen LogP contribution in [-0.2, 0) is 9.59 Å². The molecular formula is C18H18N2O4. The Hall–Kier alpha value is -2.63. The van der Waals surface area contributed by atoms with Crippen LogP contribution in [0.5, 0.6) is 11.5 Å². The largest absolute Gasteiger partial charge is 0.504 e. The van der Waals surface area contributed by atoms with E-state index in [-0.39, 0.29) is 41.2 Å². The van der Waals surface area contributed by atoms with Gasteiger partial charge in [0.2, 0.25) is 0 Å². The van der Waals surface area contributed by atoms with E-state index in [9.17, 15) is 14.7 Å². The van der Waals surface area contributed by atoms with Gasteiger partial charge >= 0.3 is 0 Å². The number of hydrazone groups is 1. The van der Waals surface area contributed by atoms with Crippen LogP contribution in [0.25, 0.3) is 0 Å². The monoisotopic (exact) mass is 326 g/mol. The number of allylic oxidation sites excluding steroid dienone is 2. The molecule has 4 aliphatic rings. The minimum absolute atomic E-state index is 0.0247. The molecule has 1 aromatic rings. The van der Waals surface area contributed by atoms with Gasteiger partial charge in [0.25, 0.3) is 11.8 Å². The summed E-state index contributed by atoms with van der Waals surface area (Å²) in [5, 5.41) is 14.8. The van der Waals surface area contributed by atoms with Gasteiger partial charge in [-0.15, -0.1) is 0 Å². The van der Waals surface area contributed by atoms with Crippen LogP contribution < -0.4 is 4.74 Å². The molecular weight excluding hydrogens is 308 g/mol. The number of ether oxygens (including phenoxy) is 1. The number of aromatic hydroxyl groups is 1. The topological polar surface area (TPSA) is 79.2 Å². The number of benzene rings is 1. The Labute approximate surface area is 139 Å². The third-order valence-corrected chi connectivity index (χ3v) is 5.26. The molecule has 1 heterocycles. The predicted molar refractivity (Wildman–Crippen MR) is 86.4 cm³/mol. The van der Waals surface area contributed by atoms with Crippen LogP contribution in [0.15, 0.2) is 35.5 Å². The fourth-order valence-corrected chi connectivity index (χ4v) is 4.07. The maximum Gasteiger partial charge on any atom is 0.254 e. The number of hydrogen-bond donors (Lipinski definition) is 1. The molecule has 0 unspecified atom stereocenters. The predicted octanol–water partition coefficient (Wildman–Crippen LogP) is 1.93. The molecule has 2 amide bonds. The van der Waals surface area contributed by atoms with E-state index < -0.39 is 0 Å². The van der Waals surface area contributed by atoms with Crippen LogP contribution in [0, 0.1) is 23.7 Å². The van der Waals surface area contributed by atoms with Gasteiger partial charge in [0.1, 0.15) is 0 Å². The first-order valence-electron chi connectivity index (χ1n) is 8.07. The second-order valence-corrected chi connectivity index (χ2v) is 6.51. The number of phenols is 1. The molecule has 6 nitrogen and oxygen atoms in total. The lowest BCUT2D eigenvalue weighted by Gasteiger charge is -2.37. The number of carbonyl (C=O) groups excluding carboxylic acids is 2. The Kier molecular flexibility index (Phi) is 3.40. The van der Waals surface area contributed by atoms with Gasteiger partial charge in [-0.1, -0.05) is 12.2 Å². The van der Waals surface area contributed by atoms with Gasteiger partial charge in [0, 0.05) is 0 Å². The molecule has 6 heteroatoms. The summed E-state index contributed by atoms with van der Waals surface area (Å²) in [5.41, 5.74) is 0.640. The highest BCUT2D eigenvalue weighted by molar-refractivity contribution is 6.06. The molecule has 2 fully saturated rings.